The number of phosphoric ester groups is 1. The first kappa shape index (κ1) is 20.5. The first-order valence-electron chi connectivity index (χ1n) is 7.45. The molecule has 0 saturated heterocycles. The predicted molar refractivity (Wildman–Crippen MR) is 91.4 cm³/mol. The number of likely N-dealkylation sites (N-methyl/N-ethyl adjacent to an activating group) is 1. The number of nitrogens with zero attached hydrogens (tertiary/aromatic N) is 1. The molecule has 0 spiro atoms. The minimum Gasteiger partial charge on any atom is -0.460 e. The van der Waals surface area contributed by atoms with E-state index in [1.54, 1.807) is 30.3 Å². The molecule has 7 nitrogen and oxygen atoms in total. The Morgan fingerprint density at radius 2 is 1.75 bits per heavy atom. The van der Waals surface area contributed by atoms with Crippen molar-refractivity contribution in [3.8, 4) is 0 Å². The van der Waals surface area contributed by atoms with Gasteiger partial charge in [0.25, 0.3) is 0 Å². The van der Waals surface area contributed by atoms with E-state index in [9.17, 15) is 14.3 Å². The lowest BCUT2D eigenvalue weighted by molar-refractivity contribution is -0.870. The first-order chi connectivity index (χ1) is 11.1. The van der Waals surface area contributed by atoms with Gasteiger partial charge in [-0.25, -0.2) is 9.36 Å². The van der Waals surface area contributed by atoms with E-state index in [0.717, 1.165) is 5.56 Å². The van der Waals surface area contributed by atoms with Crippen molar-refractivity contribution in [1.29, 1.82) is 0 Å². The zero-order valence-corrected chi connectivity index (χ0v) is 15.2. The molecule has 0 heterocycles. The third-order valence-electron chi connectivity index (χ3n) is 2.97. The minimum absolute atomic E-state index is 0.0900. The summed E-state index contributed by atoms with van der Waals surface area (Å²) < 4.78 is 26.8. The molecule has 24 heavy (non-hydrogen) atoms. The van der Waals surface area contributed by atoms with Crippen LogP contribution >= 0.6 is 7.82 Å². The highest BCUT2D eigenvalue weighted by molar-refractivity contribution is 7.47. The second-order valence-corrected chi connectivity index (χ2v) is 7.56. The van der Waals surface area contributed by atoms with Crippen molar-refractivity contribution in [2.24, 2.45) is 0 Å². The van der Waals surface area contributed by atoms with Crippen LogP contribution in [-0.4, -0.2) is 62.9 Å². The summed E-state index contributed by atoms with van der Waals surface area (Å²) in [7, 11) is 1.68. The van der Waals surface area contributed by atoms with Crippen LogP contribution in [0.2, 0.25) is 0 Å². The molecule has 8 heteroatoms. The number of ether oxygens (including phenoxy) is 1. The van der Waals surface area contributed by atoms with Gasteiger partial charge in [-0.2, -0.15) is 0 Å². The van der Waals surface area contributed by atoms with Gasteiger partial charge < -0.3 is 14.1 Å². The van der Waals surface area contributed by atoms with E-state index in [0.29, 0.717) is 16.6 Å². The molecule has 1 aromatic carbocycles. The van der Waals surface area contributed by atoms with Crippen LogP contribution in [0, 0.1) is 0 Å². The van der Waals surface area contributed by atoms with Gasteiger partial charge in [0.1, 0.15) is 19.8 Å². The van der Waals surface area contributed by atoms with Crippen molar-refractivity contribution in [2.45, 2.75) is 0 Å². The Balaban J connectivity index is 2.29. The lowest BCUT2D eigenvalue weighted by Crippen LogP contribution is -2.37. The topological polar surface area (TPSA) is 82.1 Å². The van der Waals surface area contributed by atoms with E-state index in [4.69, 9.17) is 13.8 Å². The Labute approximate surface area is 142 Å². The van der Waals surface area contributed by atoms with Crippen LogP contribution in [0.15, 0.2) is 30.8 Å². The van der Waals surface area contributed by atoms with Crippen LogP contribution in [-0.2, 0) is 18.3 Å². The summed E-state index contributed by atoms with van der Waals surface area (Å²) in [6.45, 7) is 3.90. The van der Waals surface area contributed by atoms with Gasteiger partial charge in [-0.3, -0.25) is 9.05 Å². The van der Waals surface area contributed by atoms with Crippen molar-refractivity contribution >= 4 is 19.9 Å². The maximum absolute atomic E-state index is 11.8. The maximum Gasteiger partial charge on any atom is 0.472 e. The van der Waals surface area contributed by atoms with Gasteiger partial charge in [0, 0.05) is 0 Å². The second-order valence-electron chi connectivity index (χ2n) is 6.11. The van der Waals surface area contributed by atoms with E-state index >= 15 is 0 Å². The molecule has 0 aliphatic rings. The van der Waals surface area contributed by atoms with Crippen LogP contribution in [0.5, 0.6) is 0 Å². The number of carbonyl (C=O) groups is 1. The quantitative estimate of drug-likeness (QED) is 0.299. The molecule has 0 aromatic heterocycles. The molecule has 1 aromatic rings. The Morgan fingerprint density at radius 3 is 2.29 bits per heavy atom. The Hall–Kier alpha value is -1.50. The molecule has 0 saturated carbocycles. The molecule has 1 unspecified atom stereocenters. The van der Waals surface area contributed by atoms with Crippen molar-refractivity contribution in [1.82, 2.24) is 0 Å². The van der Waals surface area contributed by atoms with Crippen LogP contribution < -0.4 is 0 Å². The fourth-order valence-electron chi connectivity index (χ4n) is 1.59. The van der Waals surface area contributed by atoms with Gasteiger partial charge in [-0.15, -0.1) is 0 Å². The van der Waals surface area contributed by atoms with Crippen LogP contribution in [0.3, 0.4) is 0 Å². The van der Waals surface area contributed by atoms with E-state index in [1.807, 2.05) is 21.1 Å². The predicted octanol–water partition coefficient (Wildman–Crippen LogP) is 2.33. The summed E-state index contributed by atoms with van der Waals surface area (Å²) in [6.07, 6.45) is 1.67. The number of quaternary nitrogens is 1. The average molecular weight is 358 g/mol. The van der Waals surface area contributed by atoms with Crippen LogP contribution in [0.4, 0.5) is 0 Å². The molecule has 1 rings (SSSR count). The zero-order chi connectivity index (χ0) is 18.2. The number of hydrogen-bond acceptors (Lipinski definition) is 5. The van der Waals surface area contributed by atoms with Gasteiger partial charge in [-0.1, -0.05) is 24.8 Å². The Bertz CT molecular complexity index is 594. The van der Waals surface area contributed by atoms with E-state index in [1.165, 1.54) is 0 Å². The van der Waals surface area contributed by atoms with Gasteiger partial charge >= 0.3 is 13.8 Å². The molecule has 0 bridgehead atoms. The van der Waals surface area contributed by atoms with Crippen LogP contribution in [0.1, 0.15) is 15.9 Å². The third kappa shape index (κ3) is 8.38. The number of hydrogen-bond donors (Lipinski definition) is 1. The van der Waals surface area contributed by atoms with E-state index < -0.39 is 13.8 Å². The SMILES string of the molecule is C=Cc1ccc(C(=O)OCCOP(=O)(O)OCC[N+](C)(C)C)cc1. The van der Waals surface area contributed by atoms with E-state index in [-0.39, 0.29) is 19.8 Å². The molecular formula is C16H25NO6P+. The summed E-state index contributed by atoms with van der Waals surface area (Å²) in [5.74, 6) is -0.534. The molecule has 0 fully saturated rings. The van der Waals surface area contributed by atoms with Crippen molar-refractivity contribution in [3.63, 3.8) is 0 Å². The third-order valence-corrected chi connectivity index (χ3v) is 3.99. The fourth-order valence-corrected chi connectivity index (χ4v) is 2.29. The lowest BCUT2D eigenvalue weighted by Gasteiger charge is -2.23. The van der Waals surface area contributed by atoms with Gasteiger partial charge in [0.2, 0.25) is 0 Å². The van der Waals surface area contributed by atoms with Crippen LogP contribution in [0.25, 0.3) is 6.08 Å². The number of carbonyl (C=O) groups excluding carboxylic acids is 1. The zero-order valence-electron chi connectivity index (χ0n) is 14.3. The molecule has 1 N–H and O–H groups in total. The molecule has 1 atom stereocenters. The van der Waals surface area contributed by atoms with Crippen molar-refractivity contribution in [3.05, 3.63) is 42.0 Å². The minimum atomic E-state index is -4.13. The molecule has 0 amide bonds. The van der Waals surface area contributed by atoms with Crippen molar-refractivity contribution < 1.29 is 32.5 Å². The summed E-state index contributed by atoms with van der Waals surface area (Å²) in [5.41, 5.74) is 1.27. The molecule has 0 radical (unpaired) electrons. The summed E-state index contributed by atoms with van der Waals surface area (Å²) in [4.78, 5) is 21.3. The average Bonchev–Trinajstić information content (AvgIpc) is 2.50. The van der Waals surface area contributed by atoms with Gasteiger partial charge in [-0.05, 0) is 17.7 Å². The molecule has 134 valence electrons. The summed E-state index contributed by atoms with van der Waals surface area (Å²) >= 11 is 0. The van der Waals surface area contributed by atoms with Gasteiger partial charge in [0.05, 0.1) is 33.3 Å². The first-order valence-corrected chi connectivity index (χ1v) is 8.94. The molecular weight excluding hydrogens is 333 g/mol. The lowest BCUT2D eigenvalue weighted by atomic mass is 10.1. The maximum atomic E-state index is 11.8. The molecule has 0 aliphatic heterocycles. The van der Waals surface area contributed by atoms with Gasteiger partial charge in [0.15, 0.2) is 0 Å². The van der Waals surface area contributed by atoms with E-state index in [2.05, 4.69) is 6.58 Å². The Morgan fingerprint density at radius 1 is 1.17 bits per heavy atom. The fraction of sp³-hybridized carbons (Fsp3) is 0.438. The molecule has 0 aliphatic carbocycles. The summed E-state index contributed by atoms with van der Waals surface area (Å²) in [6, 6.07) is 6.71. The monoisotopic (exact) mass is 358 g/mol. The largest absolute Gasteiger partial charge is 0.472 e. The highest BCUT2D eigenvalue weighted by atomic mass is 31.2. The number of esters is 1. The smallest absolute Gasteiger partial charge is 0.460 e. The highest BCUT2D eigenvalue weighted by Gasteiger charge is 2.22. The number of benzene rings is 1. The van der Waals surface area contributed by atoms with Crippen molar-refractivity contribution in [2.75, 3.05) is 47.5 Å². The second kappa shape index (κ2) is 9.11. The highest BCUT2D eigenvalue weighted by Crippen LogP contribution is 2.42. The standard InChI is InChI=1S/C16H24NO6P/c1-5-14-6-8-15(9-7-14)16(18)21-12-13-23-24(19,20)22-11-10-17(2,3)4/h5-9H,1,10-13H2,2-4H3/p+1. The number of rotatable bonds is 10. The normalized spacial score (nSPS) is 14.0. The Kier molecular flexibility index (Phi) is 7.79. The summed E-state index contributed by atoms with van der Waals surface area (Å²) in [5, 5.41) is 0. The number of phosphoric acid groups is 1.